The summed E-state index contributed by atoms with van der Waals surface area (Å²) in [5, 5.41) is 0. The molecule has 1 saturated heterocycles. The van der Waals surface area contributed by atoms with Gasteiger partial charge in [0.05, 0.1) is 5.56 Å². The Kier molecular flexibility index (Phi) is 6.10. The van der Waals surface area contributed by atoms with Crippen molar-refractivity contribution in [1.29, 1.82) is 0 Å². The van der Waals surface area contributed by atoms with Gasteiger partial charge in [-0.25, -0.2) is 4.79 Å². The zero-order valence-electron chi connectivity index (χ0n) is 16.1. The molecular formula is C23H29NO2. The Balaban J connectivity index is 1.49. The Bertz CT molecular complexity index is 723. The second kappa shape index (κ2) is 8.50. The molecule has 26 heavy (non-hydrogen) atoms. The number of hydrogen-bond donors (Lipinski definition) is 0. The molecule has 0 N–H and O–H groups in total. The highest BCUT2D eigenvalue weighted by Crippen LogP contribution is 2.21. The van der Waals surface area contributed by atoms with Crippen LogP contribution < -0.4 is 0 Å². The van der Waals surface area contributed by atoms with Crippen molar-refractivity contribution in [2.75, 3.05) is 19.6 Å². The molecule has 0 spiro atoms. The van der Waals surface area contributed by atoms with E-state index in [1.165, 1.54) is 11.1 Å². The lowest BCUT2D eigenvalue weighted by molar-refractivity contribution is 0.0113. The highest BCUT2D eigenvalue weighted by atomic mass is 16.5. The van der Waals surface area contributed by atoms with Crippen LogP contribution in [0.3, 0.4) is 0 Å². The second-order valence-electron chi connectivity index (χ2n) is 7.46. The number of rotatable bonds is 5. The first-order valence-corrected chi connectivity index (χ1v) is 9.58. The molecule has 2 aromatic carbocycles. The first kappa shape index (κ1) is 18.7. The number of piperidine rings is 1. The second-order valence-corrected chi connectivity index (χ2v) is 7.46. The highest BCUT2D eigenvalue weighted by Gasteiger charge is 2.24. The Hall–Kier alpha value is -2.13. The molecule has 1 fully saturated rings. The molecule has 3 rings (SSSR count). The molecular weight excluding hydrogens is 322 g/mol. The van der Waals surface area contributed by atoms with Gasteiger partial charge in [-0.1, -0.05) is 48.0 Å². The SMILES string of the molecule is Cc1cc(C)c(C(=O)OC2CCN(CCc3ccccc3)CC2)c(C)c1. The maximum atomic E-state index is 12.6. The Labute approximate surface area is 157 Å². The van der Waals surface area contributed by atoms with Crippen molar-refractivity contribution in [3.63, 3.8) is 0 Å². The molecule has 138 valence electrons. The van der Waals surface area contributed by atoms with Crippen LogP contribution >= 0.6 is 0 Å². The standard InChI is InChI=1S/C23H29NO2/c1-17-15-18(2)22(19(3)16-17)23(25)26-21-10-13-24(14-11-21)12-9-20-7-5-4-6-8-20/h4-8,15-16,21H,9-14H2,1-3H3. The van der Waals surface area contributed by atoms with E-state index in [0.29, 0.717) is 0 Å². The third kappa shape index (κ3) is 4.73. The molecule has 0 aromatic heterocycles. The van der Waals surface area contributed by atoms with Gasteiger partial charge >= 0.3 is 5.97 Å². The van der Waals surface area contributed by atoms with Crippen molar-refractivity contribution in [3.05, 3.63) is 70.3 Å². The summed E-state index contributed by atoms with van der Waals surface area (Å²) in [7, 11) is 0. The molecule has 0 amide bonds. The van der Waals surface area contributed by atoms with E-state index < -0.39 is 0 Å². The third-order valence-corrected chi connectivity index (χ3v) is 5.25. The summed E-state index contributed by atoms with van der Waals surface area (Å²) in [5.74, 6) is -0.164. The summed E-state index contributed by atoms with van der Waals surface area (Å²) in [5.41, 5.74) is 5.32. The van der Waals surface area contributed by atoms with Gasteiger partial charge in [0.2, 0.25) is 0 Å². The lowest BCUT2D eigenvalue weighted by Gasteiger charge is -2.31. The van der Waals surface area contributed by atoms with Crippen molar-refractivity contribution in [2.24, 2.45) is 0 Å². The molecule has 3 heteroatoms. The predicted molar refractivity (Wildman–Crippen MR) is 106 cm³/mol. The summed E-state index contributed by atoms with van der Waals surface area (Å²) in [6.45, 7) is 9.10. The molecule has 0 saturated carbocycles. The maximum Gasteiger partial charge on any atom is 0.338 e. The van der Waals surface area contributed by atoms with Gasteiger partial charge in [-0.15, -0.1) is 0 Å². The molecule has 0 radical (unpaired) electrons. The first-order valence-electron chi connectivity index (χ1n) is 9.58. The summed E-state index contributed by atoms with van der Waals surface area (Å²) in [6, 6.07) is 14.7. The van der Waals surface area contributed by atoms with E-state index >= 15 is 0 Å². The molecule has 0 aliphatic carbocycles. The molecule has 0 unspecified atom stereocenters. The molecule has 0 bridgehead atoms. The van der Waals surface area contributed by atoms with Gasteiger partial charge < -0.3 is 9.64 Å². The fourth-order valence-corrected chi connectivity index (χ4v) is 3.89. The summed E-state index contributed by atoms with van der Waals surface area (Å²) < 4.78 is 5.82. The quantitative estimate of drug-likeness (QED) is 0.744. The van der Waals surface area contributed by atoms with Crippen molar-refractivity contribution >= 4 is 5.97 Å². The van der Waals surface area contributed by atoms with Crippen LogP contribution in [0.4, 0.5) is 0 Å². The van der Waals surface area contributed by atoms with Gasteiger partial charge in [0.25, 0.3) is 0 Å². The zero-order chi connectivity index (χ0) is 18.5. The molecule has 0 atom stereocenters. The van der Waals surface area contributed by atoms with Crippen molar-refractivity contribution in [3.8, 4) is 0 Å². The van der Waals surface area contributed by atoms with E-state index in [0.717, 1.165) is 55.6 Å². The summed E-state index contributed by atoms with van der Waals surface area (Å²) in [6.07, 6.45) is 2.96. The molecule has 1 heterocycles. The number of carbonyl (C=O) groups excluding carboxylic acids is 1. The lowest BCUT2D eigenvalue weighted by Crippen LogP contribution is -2.39. The highest BCUT2D eigenvalue weighted by molar-refractivity contribution is 5.92. The maximum absolute atomic E-state index is 12.6. The van der Waals surface area contributed by atoms with E-state index in [-0.39, 0.29) is 12.1 Å². The minimum absolute atomic E-state index is 0.0376. The van der Waals surface area contributed by atoms with E-state index in [4.69, 9.17) is 4.74 Å². The van der Waals surface area contributed by atoms with Crippen LogP contribution in [0.25, 0.3) is 0 Å². The van der Waals surface area contributed by atoms with Crippen LogP contribution in [-0.4, -0.2) is 36.6 Å². The number of esters is 1. The van der Waals surface area contributed by atoms with Crippen LogP contribution in [0.5, 0.6) is 0 Å². The number of nitrogens with zero attached hydrogens (tertiary/aromatic N) is 1. The Morgan fingerprint density at radius 1 is 1.04 bits per heavy atom. The number of ether oxygens (including phenoxy) is 1. The number of aryl methyl sites for hydroxylation is 3. The van der Waals surface area contributed by atoms with Gasteiger partial charge in [0.15, 0.2) is 0 Å². The first-order chi connectivity index (χ1) is 12.5. The number of benzene rings is 2. The number of carbonyl (C=O) groups is 1. The Morgan fingerprint density at radius 2 is 1.65 bits per heavy atom. The minimum atomic E-state index is -0.164. The average molecular weight is 351 g/mol. The third-order valence-electron chi connectivity index (χ3n) is 5.25. The van der Waals surface area contributed by atoms with E-state index in [9.17, 15) is 4.79 Å². The monoisotopic (exact) mass is 351 g/mol. The molecule has 1 aliphatic rings. The van der Waals surface area contributed by atoms with Gasteiger partial charge in [0, 0.05) is 19.6 Å². The van der Waals surface area contributed by atoms with Gasteiger partial charge in [-0.2, -0.15) is 0 Å². The van der Waals surface area contributed by atoms with E-state index in [2.05, 4.69) is 54.3 Å². The molecule has 3 nitrogen and oxygen atoms in total. The van der Waals surface area contributed by atoms with Gasteiger partial charge in [0.1, 0.15) is 6.10 Å². The smallest absolute Gasteiger partial charge is 0.338 e. The van der Waals surface area contributed by atoms with Crippen molar-refractivity contribution in [2.45, 2.75) is 46.1 Å². The Morgan fingerprint density at radius 3 is 2.27 bits per heavy atom. The molecule has 1 aliphatic heterocycles. The largest absolute Gasteiger partial charge is 0.459 e. The fourth-order valence-electron chi connectivity index (χ4n) is 3.89. The van der Waals surface area contributed by atoms with Crippen molar-refractivity contribution < 1.29 is 9.53 Å². The van der Waals surface area contributed by atoms with Crippen molar-refractivity contribution in [1.82, 2.24) is 4.90 Å². The predicted octanol–water partition coefficient (Wildman–Crippen LogP) is 4.48. The zero-order valence-corrected chi connectivity index (χ0v) is 16.1. The summed E-state index contributed by atoms with van der Waals surface area (Å²) in [4.78, 5) is 15.1. The van der Waals surface area contributed by atoms with Crippen LogP contribution in [0, 0.1) is 20.8 Å². The fraction of sp³-hybridized carbons (Fsp3) is 0.435. The van der Waals surface area contributed by atoms with Gasteiger partial charge in [-0.05, 0) is 56.7 Å². The molecule has 2 aromatic rings. The summed E-state index contributed by atoms with van der Waals surface area (Å²) >= 11 is 0. The normalized spacial score (nSPS) is 15.8. The van der Waals surface area contributed by atoms with Crippen LogP contribution in [-0.2, 0) is 11.2 Å². The topological polar surface area (TPSA) is 29.5 Å². The van der Waals surface area contributed by atoms with E-state index in [1.54, 1.807) is 0 Å². The average Bonchev–Trinajstić information content (AvgIpc) is 2.61. The van der Waals surface area contributed by atoms with Gasteiger partial charge in [-0.3, -0.25) is 0 Å². The van der Waals surface area contributed by atoms with Crippen LogP contribution in [0.2, 0.25) is 0 Å². The minimum Gasteiger partial charge on any atom is -0.459 e. The number of hydrogen-bond acceptors (Lipinski definition) is 3. The van der Waals surface area contributed by atoms with E-state index in [1.807, 2.05) is 13.8 Å². The lowest BCUT2D eigenvalue weighted by atomic mass is 9.99. The van der Waals surface area contributed by atoms with Crippen LogP contribution in [0.1, 0.15) is 45.5 Å². The van der Waals surface area contributed by atoms with Crippen LogP contribution in [0.15, 0.2) is 42.5 Å². The number of likely N-dealkylation sites (tertiary alicyclic amines) is 1.